The summed E-state index contributed by atoms with van der Waals surface area (Å²) in [6.45, 7) is 1.83. The van der Waals surface area contributed by atoms with Crippen LogP contribution in [-0.4, -0.2) is 43.1 Å². The summed E-state index contributed by atoms with van der Waals surface area (Å²) in [7, 11) is 0. The average Bonchev–Trinajstić information content (AvgIpc) is 3.27. The van der Waals surface area contributed by atoms with E-state index in [1.54, 1.807) is 4.68 Å². The maximum absolute atomic E-state index is 4.37. The molecule has 0 radical (unpaired) electrons. The monoisotopic (exact) mass is 295 g/mol. The zero-order valence-electron chi connectivity index (χ0n) is 12.2. The zero-order chi connectivity index (χ0) is 14.8. The summed E-state index contributed by atoms with van der Waals surface area (Å²) >= 11 is 0. The van der Waals surface area contributed by atoms with Crippen LogP contribution in [0.2, 0.25) is 0 Å². The van der Waals surface area contributed by atoms with Crippen molar-refractivity contribution in [3.8, 4) is 5.69 Å². The van der Waals surface area contributed by atoms with Gasteiger partial charge in [-0.3, -0.25) is 4.68 Å². The highest BCUT2D eigenvalue weighted by molar-refractivity contribution is 5.40. The normalized spacial score (nSPS) is 18.5. The molecule has 1 fully saturated rings. The molecule has 0 saturated carbocycles. The SMILES string of the molecule is c1ccc(-n2nnnc2N2CCCC(n3cccn3)C2)cc1. The summed E-state index contributed by atoms with van der Waals surface area (Å²) < 4.78 is 3.83. The number of hydrogen-bond donors (Lipinski definition) is 0. The highest BCUT2D eigenvalue weighted by Crippen LogP contribution is 2.25. The van der Waals surface area contributed by atoms with Gasteiger partial charge in [0.15, 0.2) is 0 Å². The molecule has 1 aromatic carbocycles. The second-order valence-electron chi connectivity index (χ2n) is 5.45. The molecule has 0 bridgehead atoms. The van der Waals surface area contributed by atoms with E-state index in [9.17, 15) is 0 Å². The van der Waals surface area contributed by atoms with Crippen molar-refractivity contribution in [2.45, 2.75) is 18.9 Å². The Morgan fingerprint density at radius 2 is 2.00 bits per heavy atom. The summed E-state index contributed by atoms with van der Waals surface area (Å²) in [6, 6.07) is 12.3. The van der Waals surface area contributed by atoms with Gasteiger partial charge in [0.1, 0.15) is 0 Å². The van der Waals surface area contributed by atoms with Crippen LogP contribution in [0.5, 0.6) is 0 Å². The van der Waals surface area contributed by atoms with Crippen LogP contribution in [0.15, 0.2) is 48.8 Å². The first-order chi connectivity index (χ1) is 10.9. The molecule has 2 aromatic heterocycles. The van der Waals surface area contributed by atoms with Gasteiger partial charge < -0.3 is 4.90 Å². The van der Waals surface area contributed by atoms with Crippen molar-refractivity contribution >= 4 is 5.95 Å². The molecule has 7 nitrogen and oxygen atoms in total. The summed E-state index contributed by atoms with van der Waals surface area (Å²) in [4.78, 5) is 2.24. The lowest BCUT2D eigenvalue weighted by molar-refractivity contribution is 0.372. The van der Waals surface area contributed by atoms with Crippen LogP contribution in [0.3, 0.4) is 0 Å². The molecule has 7 heteroatoms. The van der Waals surface area contributed by atoms with Crippen LogP contribution < -0.4 is 4.90 Å². The first-order valence-electron chi connectivity index (χ1n) is 7.50. The first kappa shape index (κ1) is 13.0. The van der Waals surface area contributed by atoms with Crippen molar-refractivity contribution in [2.75, 3.05) is 18.0 Å². The van der Waals surface area contributed by atoms with E-state index < -0.39 is 0 Å². The topological polar surface area (TPSA) is 64.7 Å². The highest BCUT2D eigenvalue weighted by atomic mass is 15.6. The van der Waals surface area contributed by atoms with Gasteiger partial charge in [0.2, 0.25) is 5.95 Å². The van der Waals surface area contributed by atoms with Crippen molar-refractivity contribution in [1.82, 2.24) is 30.0 Å². The molecule has 4 rings (SSSR count). The van der Waals surface area contributed by atoms with E-state index >= 15 is 0 Å². The van der Waals surface area contributed by atoms with Crippen molar-refractivity contribution in [2.24, 2.45) is 0 Å². The Hall–Kier alpha value is -2.70. The standard InChI is InChI=1S/C15H17N7/c1-2-6-13(7-3-1)22-15(17-18-19-22)20-10-4-8-14(12-20)21-11-5-9-16-21/h1-3,5-7,9,11,14H,4,8,10,12H2. The first-order valence-corrected chi connectivity index (χ1v) is 7.50. The molecular formula is C15H17N7. The molecule has 0 amide bonds. The van der Waals surface area contributed by atoms with Crippen LogP contribution in [0.4, 0.5) is 5.95 Å². The Balaban J connectivity index is 1.61. The summed E-state index contributed by atoms with van der Waals surface area (Å²) in [5.74, 6) is 0.794. The van der Waals surface area contributed by atoms with Crippen molar-refractivity contribution < 1.29 is 0 Å². The van der Waals surface area contributed by atoms with E-state index in [1.165, 1.54) is 0 Å². The van der Waals surface area contributed by atoms with Gasteiger partial charge in [0, 0.05) is 25.5 Å². The molecule has 1 aliphatic heterocycles. The number of aromatic nitrogens is 6. The number of piperidine rings is 1. The lowest BCUT2D eigenvalue weighted by Gasteiger charge is -2.32. The fourth-order valence-corrected chi connectivity index (χ4v) is 2.96. The van der Waals surface area contributed by atoms with Crippen LogP contribution in [0.1, 0.15) is 18.9 Å². The summed E-state index contributed by atoms with van der Waals surface area (Å²) in [5, 5.41) is 16.6. The number of rotatable bonds is 3. The molecule has 1 aliphatic rings. The Labute approximate surface area is 128 Å². The predicted molar refractivity (Wildman–Crippen MR) is 81.9 cm³/mol. The van der Waals surface area contributed by atoms with E-state index in [-0.39, 0.29) is 0 Å². The molecule has 1 atom stereocenters. The van der Waals surface area contributed by atoms with E-state index in [0.29, 0.717) is 6.04 Å². The molecule has 1 saturated heterocycles. The van der Waals surface area contributed by atoms with Gasteiger partial charge in [0.25, 0.3) is 0 Å². The lowest BCUT2D eigenvalue weighted by Crippen LogP contribution is -2.38. The number of hydrogen-bond acceptors (Lipinski definition) is 5. The lowest BCUT2D eigenvalue weighted by atomic mass is 10.1. The Morgan fingerprint density at radius 1 is 1.09 bits per heavy atom. The quantitative estimate of drug-likeness (QED) is 0.736. The molecule has 0 aliphatic carbocycles. The predicted octanol–water partition coefficient (Wildman–Crippen LogP) is 1.70. The van der Waals surface area contributed by atoms with Gasteiger partial charge in [-0.25, -0.2) is 0 Å². The Morgan fingerprint density at radius 3 is 2.82 bits per heavy atom. The van der Waals surface area contributed by atoms with Crippen molar-refractivity contribution in [1.29, 1.82) is 0 Å². The summed E-state index contributed by atoms with van der Waals surface area (Å²) in [5.41, 5.74) is 0.976. The van der Waals surface area contributed by atoms with Crippen molar-refractivity contribution in [3.05, 3.63) is 48.8 Å². The van der Waals surface area contributed by atoms with Gasteiger partial charge in [-0.15, -0.1) is 0 Å². The molecule has 112 valence electrons. The largest absolute Gasteiger partial charge is 0.337 e. The van der Waals surface area contributed by atoms with Gasteiger partial charge in [-0.2, -0.15) is 9.78 Å². The number of tetrazole rings is 1. The van der Waals surface area contributed by atoms with Gasteiger partial charge in [0.05, 0.1) is 11.7 Å². The van der Waals surface area contributed by atoms with Crippen LogP contribution in [-0.2, 0) is 0 Å². The maximum Gasteiger partial charge on any atom is 0.250 e. The zero-order valence-corrected chi connectivity index (χ0v) is 12.2. The second-order valence-corrected chi connectivity index (χ2v) is 5.45. The molecule has 3 aromatic rings. The molecule has 0 spiro atoms. The van der Waals surface area contributed by atoms with Crippen LogP contribution in [0, 0.1) is 0 Å². The van der Waals surface area contributed by atoms with E-state index in [2.05, 4.69) is 25.5 Å². The second kappa shape index (κ2) is 5.59. The van der Waals surface area contributed by atoms with Crippen molar-refractivity contribution in [3.63, 3.8) is 0 Å². The smallest absolute Gasteiger partial charge is 0.250 e. The fourth-order valence-electron chi connectivity index (χ4n) is 2.96. The third-order valence-electron chi connectivity index (χ3n) is 4.03. The molecular weight excluding hydrogens is 278 g/mol. The third-order valence-corrected chi connectivity index (χ3v) is 4.03. The minimum atomic E-state index is 0.365. The van der Waals surface area contributed by atoms with E-state index in [0.717, 1.165) is 37.6 Å². The molecule has 1 unspecified atom stereocenters. The highest BCUT2D eigenvalue weighted by Gasteiger charge is 2.25. The summed E-state index contributed by atoms with van der Waals surface area (Å²) in [6.07, 6.45) is 6.08. The Kier molecular flexibility index (Phi) is 3.30. The van der Waals surface area contributed by atoms with Gasteiger partial charge >= 0.3 is 0 Å². The average molecular weight is 295 g/mol. The van der Waals surface area contributed by atoms with E-state index in [4.69, 9.17) is 0 Å². The van der Waals surface area contributed by atoms with Crippen LogP contribution in [0.25, 0.3) is 5.69 Å². The molecule has 22 heavy (non-hydrogen) atoms. The Bertz CT molecular complexity index is 719. The number of anilines is 1. The molecule has 0 N–H and O–H groups in total. The fraction of sp³-hybridized carbons (Fsp3) is 0.333. The molecule has 3 heterocycles. The third kappa shape index (κ3) is 2.34. The van der Waals surface area contributed by atoms with Crippen LogP contribution >= 0.6 is 0 Å². The number of para-hydroxylation sites is 1. The van der Waals surface area contributed by atoms with Gasteiger partial charge in [-0.1, -0.05) is 23.3 Å². The van der Waals surface area contributed by atoms with E-state index in [1.807, 2.05) is 53.5 Å². The number of benzene rings is 1. The minimum Gasteiger partial charge on any atom is -0.337 e. The van der Waals surface area contributed by atoms with Gasteiger partial charge in [-0.05, 0) is 41.5 Å². The minimum absolute atomic E-state index is 0.365. The maximum atomic E-state index is 4.37. The number of nitrogens with zero attached hydrogens (tertiary/aromatic N) is 7.